The van der Waals surface area contributed by atoms with E-state index in [-0.39, 0.29) is 23.7 Å². The Kier molecular flexibility index (Phi) is 5.14. The van der Waals surface area contributed by atoms with Gasteiger partial charge in [0.1, 0.15) is 18.9 Å². The highest BCUT2D eigenvalue weighted by Crippen LogP contribution is 2.34. The summed E-state index contributed by atoms with van der Waals surface area (Å²) in [6, 6.07) is 11.8. The van der Waals surface area contributed by atoms with Gasteiger partial charge in [0.15, 0.2) is 5.82 Å². The quantitative estimate of drug-likeness (QED) is 0.613. The van der Waals surface area contributed by atoms with Crippen LogP contribution >= 0.6 is 34.8 Å². The maximum atomic E-state index is 12.6. The summed E-state index contributed by atoms with van der Waals surface area (Å²) in [5.74, 6) is 0.620. The van der Waals surface area contributed by atoms with Crippen LogP contribution in [0.1, 0.15) is 5.82 Å². The van der Waals surface area contributed by atoms with Gasteiger partial charge < -0.3 is 4.74 Å². The molecule has 0 saturated heterocycles. The molecule has 0 aliphatic heterocycles. The topological polar surface area (TPSA) is 67.9 Å². The van der Waals surface area contributed by atoms with Crippen molar-refractivity contribution < 1.29 is 4.74 Å². The molecule has 2 aromatic carbocycles. The molecule has 5 nitrogen and oxygen atoms in total. The second-order valence-corrected chi connectivity index (χ2v) is 6.30. The minimum Gasteiger partial charge on any atom is -0.484 e. The van der Waals surface area contributed by atoms with Crippen molar-refractivity contribution >= 4 is 45.7 Å². The lowest BCUT2D eigenvalue weighted by atomic mass is 10.2. The third-order valence-corrected chi connectivity index (χ3v) is 4.52. The number of hydrogen-bond acceptors (Lipinski definition) is 4. The van der Waals surface area contributed by atoms with E-state index in [1.807, 2.05) is 6.07 Å². The standard InChI is InChI=1S/C17H10Cl3N3O2/c18-11-7-13(20)15(8-12(11)19)25-9-16-22-14-4-2-1-3-10(14)17(24)23(16)6-5-21/h1-4,7-8H,6,9H2. The first-order valence-corrected chi connectivity index (χ1v) is 8.27. The molecule has 8 heteroatoms. The first-order valence-electron chi connectivity index (χ1n) is 7.14. The van der Waals surface area contributed by atoms with Crippen LogP contribution in [0.15, 0.2) is 41.2 Å². The lowest BCUT2D eigenvalue weighted by molar-refractivity contribution is 0.289. The van der Waals surface area contributed by atoms with Crippen LogP contribution in [0, 0.1) is 11.3 Å². The fourth-order valence-electron chi connectivity index (χ4n) is 2.32. The molecule has 3 rings (SSSR count). The van der Waals surface area contributed by atoms with Crippen molar-refractivity contribution in [2.45, 2.75) is 13.2 Å². The van der Waals surface area contributed by atoms with E-state index in [0.29, 0.717) is 32.5 Å². The molecule has 126 valence electrons. The molecule has 0 N–H and O–H groups in total. The van der Waals surface area contributed by atoms with Crippen molar-refractivity contribution in [1.82, 2.24) is 9.55 Å². The van der Waals surface area contributed by atoms with Gasteiger partial charge in [-0.1, -0.05) is 46.9 Å². The van der Waals surface area contributed by atoms with Crippen LogP contribution in [0.3, 0.4) is 0 Å². The summed E-state index contributed by atoms with van der Waals surface area (Å²) in [6.45, 7) is -0.191. The van der Waals surface area contributed by atoms with Gasteiger partial charge in [0.05, 0.1) is 32.0 Å². The minimum atomic E-state index is -0.300. The number of rotatable bonds is 4. The molecule has 0 unspecified atom stereocenters. The molecule has 0 bridgehead atoms. The molecule has 0 spiro atoms. The molecule has 0 fully saturated rings. The highest BCUT2D eigenvalue weighted by Gasteiger charge is 2.13. The minimum absolute atomic E-state index is 0.0561. The molecule has 0 aliphatic carbocycles. The van der Waals surface area contributed by atoms with Gasteiger partial charge in [0.2, 0.25) is 0 Å². The number of ether oxygens (including phenoxy) is 1. The van der Waals surface area contributed by atoms with Gasteiger partial charge in [-0.05, 0) is 18.2 Å². The predicted octanol–water partition coefficient (Wildman–Crippen LogP) is 4.46. The summed E-state index contributed by atoms with van der Waals surface area (Å²) < 4.78 is 6.91. The van der Waals surface area contributed by atoms with Crippen molar-refractivity contribution in [2.24, 2.45) is 0 Å². The highest BCUT2D eigenvalue weighted by molar-refractivity contribution is 6.43. The largest absolute Gasteiger partial charge is 0.484 e. The summed E-state index contributed by atoms with van der Waals surface area (Å²) in [5, 5.41) is 10.3. The van der Waals surface area contributed by atoms with Crippen molar-refractivity contribution in [3.63, 3.8) is 0 Å². The van der Waals surface area contributed by atoms with Crippen LogP contribution in [0.2, 0.25) is 15.1 Å². The summed E-state index contributed by atoms with van der Waals surface area (Å²) in [7, 11) is 0. The Morgan fingerprint density at radius 3 is 2.60 bits per heavy atom. The number of aromatic nitrogens is 2. The van der Waals surface area contributed by atoms with E-state index in [0.717, 1.165) is 0 Å². The lowest BCUT2D eigenvalue weighted by Gasteiger charge is -2.13. The zero-order valence-electron chi connectivity index (χ0n) is 12.7. The van der Waals surface area contributed by atoms with Crippen molar-refractivity contribution in [3.05, 3.63) is 67.6 Å². The van der Waals surface area contributed by atoms with Gasteiger partial charge in [-0.25, -0.2) is 4.98 Å². The molecular weight excluding hydrogens is 385 g/mol. The molecule has 0 radical (unpaired) electrons. The van der Waals surface area contributed by atoms with Gasteiger partial charge in [0, 0.05) is 6.07 Å². The van der Waals surface area contributed by atoms with Crippen LogP contribution in [0.5, 0.6) is 5.75 Å². The summed E-state index contributed by atoms with van der Waals surface area (Å²) >= 11 is 17.9. The van der Waals surface area contributed by atoms with E-state index in [1.54, 1.807) is 24.3 Å². The second-order valence-electron chi connectivity index (χ2n) is 5.08. The maximum Gasteiger partial charge on any atom is 0.262 e. The maximum absolute atomic E-state index is 12.6. The van der Waals surface area contributed by atoms with E-state index in [2.05, 4.69) is 4.98 Å². The number of nitriles is 1. The smallest absolute Gasteiger partial charge is 0.262 e. The van der Waals surface area contributed by atoms with E-state index < -0.39 is 0 Å². The molecule has 0 aliphatic rings. The first kappa shape index (κ1) is 17.6. The number of fused-ring (bicyclic) bond motifs is 1. The molecule has 3 aromatic rings. The fourth-order valence-corrected chi connectivity index (χ4v) is 2.91. The number of nitrogens with zero attached hydrogens (tertiary/aromatic N) is 3. The van der Waals surface area contributed by atoms with E-state index >= 15 is 0 Å². The fraction of sp³-hybridized carbons (Fsp3) is 0.118. The first-order chi connectivity index (χ1) is 12.0. The molecule has 1 aromatic heterocycles. The summed E-state index contributed by atoms with van der Waals surface area (Å²) in [5.41, 5.74) is 0.228. The van der Waals surface area contributed by atoms with E-state index in [4.69, 9.17) is 44.8 Å². The number of benzene rings is 2. The molecule has 0 atom stereocenters. The van der Waals surface area contributed by atoms with Gasteiger partial charge in [0.25, 0.3) is 5.56 Å². The zero-order valence-corrected chi connectivity index (χ0v) is 14.9. The number of para-hydroxylation sites is 1. The number of halogens is 3. The average Bonchev–Trinajstić information content (AvgIpc) is 2.60. The highest BCUT2D eigenvalue weighted by atomic mass is 35.5. The third kappa shape index (κ3) is 3.57. The molecule has 1 heterocycles. The average molecular weight is 395 g/mol. The van der Waals surface area contributed by atoms with Gasteiger partial charge in [-0.2, -0.15) is 5.26 Å². The molecule has 25 heavy (non-hydrogen) atoms. The Bertz CT molecular complexity index is 1060. The lowest BCUT2D eigenvalue weighted by Crippen LogP contribution is -2.26. The summed E-state index contributed by atoms with van der Waals surface area (Å²) in [4.78, 5) is 17.0. The Morgan fingerprint density at radius 2 is 1.84 bits per heavy atom. The second kappa shape index (κ2) is 7.32. The van der Waals surface area contributed by atoms with E-state index in [9.17, 15) is 4.79 Å². The van der Waals surface area contributed by atoms with Crippen LogP contribution in [-0.2, 0) is 13.2 Å². The molecular formula is C17H10Cl3N3O2. The van der Waals surface area contributed by atoms with Crippen LogP contribution in [0.25, 0.3) is 10.9 Å². The molecule has 0 saturated carbocycles. The van der Waals surface area contributed by atoms with Gasteiger partial charge in [-0.3, -0.25) is 9.36 Å². The number of hydrogen-bond donors (Lipinski definition) is 0. The van der Waals surface area contributed by atoms with Crippen molar-refractivity contribution in [3.8, 4) is 11.8 Å². The van der Waals surface area contributed by atoms with Gasteiger partial charge >= 0.3 is 0 Å². The van der Waals surface area contributed by atoms with Crippen LogP contribution < -0.4 is 10.3 Å². The van der Waals surface area contributed by atoms with E-state index in [1.165, 1.54) is 16.7 Å². The van der Waals surface area contributed by atoms with Crippen LogP contribution in [0.4, 0.5) is 0 Å². The Balaban J connectivity index is 2.01. The summed E-state index contributed by atoms with van der Waals surface area (Å²) in [6.07, 6.45) is 0. The normalized spacial score (nSPS) is 10.6. The van der Waals surface area contributed by atoms with Crippen molar-refractivity contribution in [1.29, 1.82) is 5.26 Å². The Hall–Kier alpha value is -2.26. The predicted molar refractivity (Wildman–Crippen MR) is 97.4 cm³/mol. The third-order valence-electron chi connectivity index (χ3n) is 3.50. The molecule has 0 amide bonds. The zero-order chi connectivity index (χ0) is 18.0. The van der Waals surface area contributed by atoms with Gasteiger partial charge in [-0.15, -0.1) is 0 Å². The monoisotopic (exact) mass is 393 g/mol. The van der Waals surface area contributed by atoms with Crippen LogP contribution in [-0.4, -0.2) is 9.55 Å². The van der Waals surface area contributed by atoms with Crippen molar-refractivity contribution in [2.75, 3.05) is 0 Å². The Labute approximate surface area is 157 Å². The SMILES string of the molecule is N#CCn1c(COc2cc(Cl)c(Cl)cc2Cl)nc2ccccc2c1=O. The Morgan fingerprint density at radius 1 is 1.12 bits per heavy atom.